The van der Waals surface area contributed by atoms with Gasteiger partial charge >= 0.3 is 12.3 Å². The zero-order valence-corrected chi connectivity index (χ0v) is 19.6. The summed E-state index contributed by atoms with van der Waals surface area (Å²) in [7, 11) is 0. The fourth-order valence-electron chi connectivity index (χ4n) is 3.91. The number of amides is 1. The normalized spacial score (nSPS) is 13.0. The standard InChI is InChI=1S/C23H21ClF4N4O2/c1-5-31(21(33)34-22(2,3)4)17-9-12(25)8-14-13(17)10-16-19(14)20(15(24)11-29-16)32-7-6-18(30-32)23(26,27)28/h6-9,11H,5,10H2,1-4H3. The number of ether oxygens (including phenoxy) is 1. The van der Waals surface area contributed by atoms with Crippen LogP contribution < -0.4 is 4.90 Å². The second-order valence-corrected chi connectivity index (χ2v) is 9.18. The van der Waals surface area contributed by atoms with Gasteiger partial charge in [-0.05, 0) is 57.0 Å². The molecule has 34 heavy (non-hydrogen) atoms. The Kier molecular flexibility index (Phi) is 5.83. The van der Waals surface area contributed by atoms with Crippen molar-refractivity contribution in [1.82, 2.24) is 14.8 Å². The van der Waals surface area contributed by atoms with E-state index in [2.05, 4.69) is 10.1 Å². The second-order valence-electron chi connectivity index (χ2n) is 8.77. The summed E-state index contributed by atoms with van der Waals surface area (Å²) in [5.74, 6) is -0.633. The first kappa shape index (κ1) is 24.0. The number of rotatable bonds is 3. The summed E-state index contributed by atoms with van der Waals surface area (Å²) in [6, 6.07) is 3.32. The average Bonchev–Trinajstić information content (AvgIpc) is 3.32. The zero-order valence-electron chi connectivity index (χ0n) is 18.8. The van der Waals surface area contributed by atoms with E-state index in [1.165, 1.54) is 23.2 Å². The Balaban J connectivity index is 1.88. The number of hydrogen-bond donors (Lipinski definition) is 0. The van der Waals surface area contributed by atoms with Gasteiger partial charge in [0.15, 0.2) is 5.69 Å². The highest BCUT2D eigenvalue weighted by Crippen LogP contribution is 2.46. The zero-order chi connectivity index (χ0) is 25.0. The van der Waals surface area contributed by atoms with Gasteiger partial charge in [0.1, 0.15) is 11.4 Å². The van der Waals surface area contributed by atoms with Crippen LogP contribution >= 0.6 is 11.6 Å². The van der Waals surface area contributed by atoms with Gasteiger partial charge in [-0.3, -0.25) is 9.88 Å². The van der Waals surface area contributed by atoms with Gasteiger partial charge in [0.05, 0.1) is 22.1 Å². The van der Waals surface area contributed by atoms with Crippen molar-refractivity contribution in [2.75, 3.05) is 11.4 Å². The summed E-state index contributed by atoms with van der Waals surface area (Å²) < 4.78 is 60.7. The minimum Gasteiger partial charge on any atom is -0.443 e. The van der Waals surface area contributed by atoms with E-state index in [1.807, 2.05) is 0 Å². The molecule has 6 nitrogen and oxygen atoms in total. The van der Waals surface area contributed by atoms with E-state index in [9.17, 15) is 22.4 Å². The quantitative estimate of drug-likeness (QED) is 0.307. The summed E-state index contributed by atoms with van der Waals surface area (Å²) in [5.41, 5.74) is 0.397. The van der Waals surface area contributed by atoms with Crippen LogP contribution in [0.3, 0.4) is 0 Å². The lowest BCUT2D eigenvalue weighted by molar-refractivity contribution is -0.141. The molecule has 0 atom stereocenters. The number of aromatic nitrogens is 3. The van der Waals surface area contributed by atoms with Crippen LogP contribution in [0.25, 0.3) is 16.8 Å². The lowest BCUT2D eigenvalue weighted by Crippen LogP contribution is -2.37. The summed E-state index contributed by atoms with van der Waals surface area (Å²) in [6.07, 6.45) is -2.61. The summed E-state index contributed by atoms with van der Waals surface area (Å²) >= 11 is 6.34. The number of anilines is 1. The highest BCUT2D eigenvalue weighted by atomic mass is 35.5. The molecule has 0 saturated heterocycles. The fourth-order valence-corrected chi connectivity index (χ4v) is 4.14. The fraction of sp³-hybridized carbons (Fsp3) is 0.348. The molecule has 0 fully saturated rings. The molecule has 0 bridgehead atoms. The number of nitrogens with zero attached hydrogens (tertiary/aromatic N) is 4. The third kappa shape index (κ3) is 4.34. The smallest absolute Gasteiger partial charge is 0.435 e. The minimum absolute atomic E-state index is 0.0497. The topological polar surface area (TPSA) is 60.3 Å². The van der Waals surface area contributed by atoms with Gasteiger partial charge in [0.25, 0.3) is 0 Å². The van der Waals surface area contributed by atoms with Crippen molar-refractivity contribution in [2.24, 2.45) is 0 Å². The third-order valence-electron chi connectivity index (χ3n) is 5.22. The molecule has 0 saturated carbocycles. The van der Waals surface area contributed by atoms with Gasteiger partial charge in [-0.15, -0.1) is 0 Å². The number of halogens is 5. The molecule has 4 rings (SSSR count). The van der Waals surface area contributed by atoms with Crippen molar-refractivity contribution in [3.05, 3.63) is 58.4 Å². The molecular formula is C23H21ClF4N4O2. The van der Waals surface area contributed by atoms with Gasteiger partial charge in [0.2, 0.25) is 0 Å². The third-order valence-corrected chi connectivity index (χ3v) is 5.50. The first-order valence-corrected chi connectivity index (χ1v) is 10.8. The molecule has 2 aromatic heterocycles. The molecule has 1 amide bonds. The van der Waals surface area contributed by atoms with E-state index < -0.39 is 29.4 Å². The average molecular weight is 497 g/mol. The van der Waals surface area contributed by atoms with Crippen molar-refractivity contribution >= 4 is 23.4 Å². The first-order chi connectivity index (χ1) is 15.8. The first-order valence-electron chi connectivity index (χ1n) is 10.4. The summed E-state index contributed by atoms with van der Waals surface area (Å²) in [4.78, 5) is 18.5. The van der Waals surface area contributed by atoms with E-state index >= 15 is 0 Å². The molecule has 11 heteroatoms. The van der Waals surface area contributed by atoms with Crippen LogP contribution in [0.1, 0.15) is 44.6 Å². The number of hydrogen-bond acceptors (Lipinski definition) is 4. The van der Waals surface area contributed by atoms with E-state index in [-0.39, 0.29) is 23.7 Å². The number of pyridine rings is 1. The van der Waals surface area contributed by atoms with Gasteiger partial charge in [-0.25, -0.2) is 13.9 Å². The predicted octanol–water partition coefficient (Wildman–Crippen LogP) is 6.41. The van der Waals surface area contributed by atoms with Gasteiger partial charge < -0.3 is 4.74 Å². The number of alkyl halides is 3. The van der Waals surface area contributed by atoms with Crippen molar-refractivity contribution in [3.63, 3.8) is 0 Å². The molecule has 0 aliphatic heterocycles. The number of carbonyl (C=O) groups excluding carboxylic acids is 1. The molecule has 0 radical (unpaired) electrons. The highest BCUT2D eigenvalue weighted by molar-refractivity contribution is 6.33. The van der Waals surface area contributed by atoms with Crippen molar-refractivity contribution in [3.8, 4) is 16.8 Å². The summed E-state index contributed by atoms with van der Waals surface area (Å²) in [6.45, 7) is 7.11. The highest BCUT2D eigenvalue weighted by Gasteiger charge is 2.36. The van der Waals surface area contributed by atoms with E-state index in [4.69, 9.17) is 16.3 Å². The molecule has 1 aromatic carbocycles. The number of fused-ring (bicyclic) bond motifs is 3. The molecule has 0 unspecified atom stereocenters. The SMILES string of the molecule is CCN(C(=O)OC(C)(C)C)c1cc(F)cc2c1Cc1ncc(Cl)c(-n3ccc(C(F)(F)F)n3)c1-2. The van der Waals surface area contributed by atoms with Gasteiger partial charge in [-0.2, -0.15) is 18.3 Å². The molecule has 1 aliphatic carbocycles. The molecular weight excluding hydrogens is 476 g/mol. The van der Waals surface area contributed by atoms with Gasteiger partial charge in [0, 0.05) is 30.9 Å². The molecule has 0 N–H and O–H groups in total. The molecule has 1 aliphatic rings. The van der Waals surface area contributed by atoms with E-state index in [1.54, 1.807) is 27.7 Å². The van der Waals surface area contributed by atoms with Crippen LogP contribution in [-0.4, -0.2) is 33.0 Å². The Morgan fingerprint density at radius 3 is 2.56 bits per heavy atom. The maximum absolute atomic E-state index is 14.8. The summed E-state index contributed by atoms with van der Waals surface area (Å²) in [5, 5.41) is 3.68. The monoisotopic (exact) mass is 496 g/mol. The number of carbonyl (C=O) groups is 1. The Hall–Kier alpha value is -3.14. The Bertz CT molecular complexity index is 1280. The maximum Gasteiger partial charge on any atom is 0.435 e. The Morgan fingerprint density at radius 1 is 1.26 bits per heavy atom. The maximum atomic E-state index is 14.8. The van der Waals surface area contributed by atoms with Crippen molar-refractivity contribution in [1.29, 1.82) is 0 Å². The lowest BCUT2D eigenvalue weighted by Gasteiger charge is -2.28. The van der Waals surface area contributed by atoms with Crippen molar-refractivity contribution < 1.29 is 27.1 Å². The largest absolute Gasteiger partial charge is 0.443 e. The van der Waals surface area contributed by atoms with Crippen LogP contribution in [0.5, 0.6) is 0 Å². The van der Waals surface area contributed by atoms with Crippen LogP contribution in [-0.2, 0) is 17.3 Å². The Morgan fingerprint density at radius 2 is 1.97 bits per heavy atom. The Labute approximate surface area is 198 Å². The van der Waals surface area contributed by atoms with E-state index in [0.29, 0.717) is 28.1 Å². The molecule has 2 heterocycles. The van der Waals surface area contributed by atoms with E-state index in [0.717, 1.165) is 16.9 Å². The second kappa shape index (κ2) is 8.26. The molecule has 3 aromatic rings. The minimum atomic E-state index is -4.64. The van der Waals surface area contributed by atoms with Crippen LogP contribution in [0.2, 0.25) is 5.02 Å². The number of benzene rings is 1. The lowest BCUT2D eigenvalue weighted by atomic mass is 10.0. The van der Waals surface area contributed by atoms with Crippen LogP contribution in [0, 0.1) is 5.82 Å². The predicted molar refractivity (Wildman–Crippen MR) is 119 cm³/mol. The van der Waals surface area contributed by atoms with Crippen molar-refractivity contribution in [2.45, 2.75) is 45.9 Å². The van der Waals surface area contributed by atoms with Crippen LogP contribution in [0.15, 0.2) is 30.6 Å². The molecule has 180 valence electrons. The molecule has 0 spiro atoms. The van der Waals surface area contributed by atoms with Crippen LogP contribution in [0.4, 0.5) is 28.0 Å². The van der Waals surface area contributed by atoms with Gasteiger partial charge in [-0.1, -0.05) is 11.6 Å².